The van der Waals surface area contributed by atoms with Crippen molar-refractivity contribution in [2.75, 3.05) is 40.5 Å². The summed E-state index contributed by atoms with van der Waals surface area (Å²) in [5.41, 5.74) is 1.67. The van der Waals surface area contributed by atoms with Gasteiger partial charge in [-0.1, -0.05) is 44.0 Å². The first-order valence-corrected chi connectivity index (χ1v) is 11.3. The first kappa shape index (κ1) is 22.7. The fourth-order valence-electron chi connectivity index (χ4n) is 5.56. The number of methoxy groups -OCH3 is 2. The van der Waals surface area contributed by atoms with E-state index in [0.29, 0.717) is 47.4 Å². The van der Waals surface area contributed by atoms with E-state index < -0.39 is 5.41 Å². The summed E-state index contributed by atoms with van der Waals surface area (Å²) in [7, 11) is 3.29. The van der Waals surface area contributed by atoms with Gasteiger partial charge in [0, 0.05) is 32.7 Å². The van der Waals surface area contributed by atoms with Crippen LogP contribution >= 0.6 is 23.2 Å². The SMILES string of the molecule is COCCN(CCOC)C(=O)C12CCC(C)(c3nc4cc(Cl)c(Cl)cc4nc31)C2(C)C. The standard InChI is InChI=1S/C23H29Cl2N3O3/c1-21(2)22(3)6-7-23(21,20(29)28(8-10-30-4)9-11-31-5)19-18(22)26-16-12-14(24)15(25)13-17(16)27-19/h12-13H,6-11H2,1-5H3. The third kappa shape index (κ3) is 3.02. The highest BCUT2D eigenvalue weighted by atomic mass is 35.5. The summed E-state index contributed by atoms with van der Waals surface area (Å²) in [4.78, 5) is 26.1. The molecule has 2 aliphatic carbocycles. The van der Waals surface area contributed by atoms with Crippen LogP contribution in [0.25, 0.3) is 11.0 Å². The lowest BCUT2D eigenvalue weighted by atomic mass is 9.63. The lowest BCUT2D eigenvalue weighted by Crippen LogP contribution is -2.54. The van der Waals surface area contributed by atoms with E-state index >= 15 is 0 Å². The van der Waals surface area contributed by atoms with Gasteiger partial charge in [-0.25, -0.2) is 9.97 Å². The lowest BCUT2D eigenvalue weighted by molar-refractivity contribution is -0.142. The first-order chi connectivity index (χ1) is 14.6. The zero-order chi connectivity index (χ0) is 22.6. The Morgan fingerprint density at radius 3 is 2.00 bits per heavy atom. The largest absolute Gasteiger partial charge is 0.383 e. The second-order valence-corrected chi connectivity index (χ2v) is 10.1. The summed E-state index contributed by atoms with van der Waals surface area (Å²) in [5, 5.41) is 0.881. The number of hydrogen-bond acceptors (Lipinski definition) is 5. The minimum atomic E-state index is -0.758. The van der Waals surface area contributed by atoms with E-state index in [1.54, 1.807) is 26.4 Å². The third-order valence-electron chi connectivity index (χ3n) is 7.86. The quantitative estimate of drug-likeness (QED) is 0.606. The van der Waals surface area contributed by atoms with Crippen LogP contribution in [0.4, 0.5) is 0 Å². The van der Waals surface area contributed by atoms with Crippen molar-refractivity contribution in [2.45, 2.75) is 44.4 Å². The van der Waals surface area contributed by atoms with Crippen LogP contribution in [0.2, 0.25) is 10.0 Å². The molecule has 1 heterocycles. The van der Waals surface area contributed by atoms with Crippen molar-refractivity contribution in [2.24, 2.45) is 5.41 Å². The van der Waals surface area contributed by atoms with Gasteiger partial charge in [-0.05, 0) is 30.4 Å². The molecule has 4 rings (SSSR count). The Morgan fingerprint density at radius 2 is 1.48 bits per heavy atom. The minimum absolute atomic E-state index is 0.0720. The molecule has 0 aliphatic heterocycles. The van der Waals surface area contributed by atoms with Crippen LogP contribution < -0.4 is 0 Å². The number of fused-ring (bicyclic) bond motifs is 6. The molecule has 2 atom stereocenters. The van der Waals surface area contributed by atoms with Gasteiger partial charge in [0.1, 0.15) is 0 Å². The fraction of sp³-hybridized carbons (Fsp3) is 0.609. The van der Waals surface area contributed by atoms with Gasteiger partial charge in [-0.3, -0.25) is 4.79 Å². The van der Waals surface area contributed by atoms with Gasteiger partial charge in [0.15, 0.2) is 0 Å². The zero-order valence-corrected chi connectivity index (χ0v) is 20.2. The maximum Gasteiger partial charge on any atom is 0.235 e. The smallest absolute Gasteiger partial charge is 0.235 e. The molecular formula is C23H29Cl2N3O3. The molecule has 1 amide bonds. The zero-order valence-electron chi connectivity index (χ0n) is 18.7. The number of carbonyl (C=O) groups is 1. The lowest BCUT2D eigenvalue weighted by Gasteiger charge is -2.42. The van der Waals surface area contributed by atoms with Gasteiger partial charge in [0.2, 0.25) is 5.91 Å². The number of aromatic nitrogens is 2. The van der Waals surface area contributed by atoms with Crippen molar-refractivity contribution in [3.05, 3.63) is 33.6 Å². The van der Waals surface area contributed by atoms with Crippen molar-refractivity contribution in [3.8, 4) is 0 Å². The Hall–Kier alpha value is -1.47. The summed E-state index contributed by atoms with van der Waals surface area (Å²) in [5.74, 6) is 0.0720. The highest BCUT2D eigenvalue weighted by molar-refractivity contribution is 6.42. The van der Waals surface area contributed by atoms with Gasteiger partial charge >= 0.3 is 0 Å². The van der Waals surface area contributed by atoms with Crippen molar-refractivity contribution >= 4 is 40.1 Å². The topological polar surface area (TPSA) is 64.6 Å². The molecule has 0 N–H and O–H groups in total. The number of rotatable bonds is 7. The van der Waals surface area contributed by atoms with E-state index in [0.717, 1.165) is 24.2 Å². The second-order valence-electron chi connectivity index (χ2n) is 9.32. The number of nitrogens with zero attached hydrogens (tertiary/aromatic N) is 3. The van der Waals surface area contributed by atoms with Crippen LogP contribution in [-0.4, -0.2) is 61.3 Å². The van der Waals surface area contributed by atoms with Gasteiger partial charge < -0.3 is 14.4 Å². The van der Waals surface area contributed by atoms with Crippen molar-refractivity contribution in [1.82, 2.24) is 14.9 Å². The second kappa shape index (κ2) is 7.84. The Morgan fingerprint density at radius 1 is 0.968 bits per heavy atom. The van der Waals surface area contributed by atoms with Crippen LogP contribution in [0.5, 0.6) is 0 Å². The van der Waals surface area contributed by atoms with Crippen molar-refractivity contribution < 1.29 is 14.3 Å². The molecule has 2 bridgehead atoms. The van der Waals surface area contributed by atoms with Crippen LogP contribution in [-0.2, 0) is 25.1 Å². The highest BCUT2D eigenvalue weighted by Crippen LogP contribution is 2.70. The van der Waals surface area contributed by atoms with Crippen LogP contribution in [0, 0.1) is 5.41 Å². The van der Waals surface area contributed by atoms with Gasteiger partial charge in [-0.15, -0.1) is 0 Å². The molecule has 6 nitrogen and oxygen atoms in total. The molecular weight excluding hydrogens is 437 g/mol. The van der Waals surface area contributed by atoms with E-state index in [1.165, 1.54) is 0 Å². The monoisotopic (exact) mass is 465 g/mol. The average Bonchev–Trinajstić information content (AvgIpc) is 3.02. The summed E-state index contributed by atoms with van der Waals surface area (Å²) in [6, 6.07) is 3.49. The summed E-state index contributed by atoms with van der Waals surface area (Å²) in [6.07, 6.45) is 1.61. The summed E-state index contributed by atoms with van der Waals surface area (Å²) < 4.78 is 10.6. The third-order valence-corrected chi connectivity index (χ3v) is 8.58. The number of carbonyl (C=O) groups excluding carboxylic acids is 1. The molecule has 1 aromatic carbocycles. The fourth-order valence-corrected chi connectivity index (χ4v) is 5.88. The van der Waals surface area contributed by atoms with Gasteiger partial charge in [0.05, 0.1) is 51.1 Å². The molecule has 1 aromatic heterocycles. The Balaban J connectivity index is 1.90. The minimum Gasteiger partial charge on any atom is -0.383 e. The maximum atomic E-state index is 14.2. The predicted molar refractivity (Wildman–Crippen MR) is 122 cm³/mol. The molecule has 0 radical (unpaired) electrons. The van der Waals surface area contributed by atoms with Gasteiger partial charge in [-0.2, -0.15) is 0 Å². The maximum absolute atomic E-state index is 14.2. The number of amides is 1. The number of benzene rings is 1. The van der Waals surface area contributed by atoms with E-state index in [-0.39, 0.29) is 16.7 Å². The van der Waals surface area contributed by atoms with E-state index in [4.69, 9.17) is 42.6 Å². The molecule has 0 spiro atoms. The highest BCUT2D eigenvalue weighted by Gasteiger charge is 2.73. The molecule has 1 saturated carbocycles. The van der Waals surface area contributed by atoms with Crippen LogP contribution in [0.15, 0.2) is 12.1 Å². The van der Waals surface area contributed by atoms with Crippen molar-refractivity contribution in [3.63, 3.8) is 0 Å². The summed E-state index contributed by atoms with van der Waals surface area (Å²) >= 11 is 12.5. The molecule has 2 unspecified atom stereocenters. The Labute approximate surface area is 193 Å². The first-order valence-electron chi connectivity index (χ1n) is 10.6. The van der Waals surface area contributed by atoms with Gasteiger partial charge in [0.25, 0.3) is 0 Å². The molecule has 31 heavy (non-hydrogen) atoms. The average molecular weight is 466 g/mol. The van der Waals surface area contributed by atoms with E-state index in [2.05, 4.69) is 20.8 Å². The van der Waals surface area contributed by atoms with E-state index in [9.17, 15) is 4.79 Å². The predicted octanol–water partition coefficient (Wildman–Crippen LogP) is 4.39. The number of halogens is 2. The summed E-state index contributed by atoms with van der Waals surface area (Å²) in [6.45, 7) is 8.51. The van der Waals surface area contributed by atoms with Crippen LogP contribution in [0.1, 0.15) is 45.0 Å². The molecule has 2 aromatic rings. The Bertz CT molecular complexity index is 1040. The Kier molecular flexibility index (Phi) is 5.74. The van der Waals surface area contributed by atoms with Crippen molar-refractivity contribution in [1.29, 1.82) is 0 Å². The van der Waals surface area contributed by atoms with E-state index in [1.807, 2.05) is 4.90 Å². The number of ether oxygens (including phenoxy) is 2. The number of hydrogen-bond donors (Lipinski definition) is 0. The molecule has 168 valence electrons. The molecule has 1 fully saturated rings. The molecule has 2 aliphatic rings. The molecule has 8 heteroatoms. The normalized spacial score (nSPS) is 25.8. The van der Waals surface area contributed by atoms with Crippen LogP contribution in [0.3, 0.4) is 0 Å². The molecule has 0 saturated heterocycles.